The van der Waals surface area contributed by atoms with Gasteiger partial charge in [0.15, 0.2) is 12.5 Å². The number of carbonyl (C=O) groups is 2. The number of allylic oxidation sites excluding steroid dienone is 2. The van der Waals surface area contributed by atoms with Gasteiger partial charge >= 0.3 is 6.18 Å². The molecule has 158 valence electrons. The van der Waals surface area contributed by atoms with Gasteiger partial charge < -0.3 is 26.8 Å². The van der Waals surface area contributed by atoms with Crippen molar-refractivity contribution in [1.29, 1.82) is 0 Å². The number of pyridine rings is 1. The van der Waals surface area contributed by atoms with Crippen LogP contribution in [-0.2, 0) is 14.3 Å². The van der Waals surface area contributed by atoms with Gasteiger partial charge in [0, 0.05) is 12.1 Å². The number of alkyl halides is 3. The lowest BCUT2D eigenvalue weighted by molar-refractivity contribution is -0.165. The Morgan fingerprint density at radius 3 is 2.66 bits per heavy atom. The van der Waals surface area contributed by atoms with E-state index >= 15 is 0 Å². The summed E-state index contributed by atoms with van der Waals surface area (Å²) < 4.78 is 40.4. The molecule has 1 saturated carbocycles. The molecule has 1 aromatic rings. The zero-order chi connectivity index (χ0) is 21.6. The molecule has 2 rings (SSSR count). The van der Waals surface area contributed by atoms with Gasteiger partial charge in [0.05, 0.1) is 11.7 Å². The fraction of sp³-hybridized carbons (Fsp3) is 0.389. The van der Waals surface area contributed by atoms with Gasteiger partial charge in [-0.2, -0.15) is 13.2 Å². The van der Waals surface area contributed by atoms with Gasteiger partial charge in [-0.15, -0.1) is 0 Å². The van der Waals surface area contributed by atoms with E-state index in [0.717, 1.165) is 25.0 Å². The summed E-state index contributed by atoms with van der Waals surface area (Å²) in [6.45, 7) is 0.150. The molecule has 1 atom stereocenters. The predicted octanol–water partition coefficient (Wildman–Crippen LogP) is 1.83. The fourth-order valence-corrected chi connectivity index (χ4v) is 2.18. The fourth-order valence-electron chi connectivity index (χ4n) is 2.18. The Morgan fingerprint density at radius 2 is 2.03 bits per heavy atom. The van der Waals surface area contributed by atoms with E-state index in [9.17, 15) is 22.8 Å². The molecule has 1 fully saturated rings. The van der Waals surface area contributed by atoms with Gasteiger partial charge in [-0.1, -0.05) is 0 Å². The third-order valence-corrected chi connectivity index (χ3v) is 3.92. The van der Waals surface area contributed by atoms with E-state index in [2.05, 4.69) is 20.4 Å². The van der Waals surface area contributed by atoms with Crippen molar-refractivity contribution < 1.29 is 27.5 Å². The average Bonchev–Trinajstić information content (AvgIpc) is 3.49. The van der Waals surface area contributed by atoms with Crippen LogP contribution in [0.1, 0.15) is 31.4 Å². The lowest BCUT2D eigenvalue weighted by Gasteiger charge is -2.15. The van der Waals surface area contributed by atoms with Crippen LogP contribution in [0.3, 0.4) is 0 Å². The number of halogens is 3. The number of aromatic nitrogens is 1. The molecule has 1 aromatic heterocycles. The molecule has 1 unspecified atom stereocenters. The van der Waals surface area contributed by atoms with Crippen molar-refractivity contribution in [3.63, 3.8) is 0 Å². The minimum absolute atomic E-state index is 0.0307. The molecule has 0 aliphatic heterocycles. The van der Waals surface area contributed by atoms with Crippen LogP contribution in [0.15, 0.2) is 42.1 Å². The Labute approximate surface area is 165 Å². The average molecular weight is 413 g/mol. The van der Waals surface area contributed by atoms with Crippen LogP contribution in [0.25, 0.3) is 0 Å². The molecule has 1 aliphatic rings. The van der Waals surface area contributed by atoms with Crippen molar-refractivity contribution in [2.75, 3.05) is 11.9 Å². The Hall–Kier alpha value is -3.24. The molecule has 1 aliphatic carbocycles. The van der Waals surface area contributed by atoms with Crippen LogP contribution in [-0.4, -0.2) is 29.6 Å². The molecule has 0 bridgehead atoms. The van der Waals surface area contributed by atoms with Gasteiger partial charge in [-0.25, -0.2) is 4.98 Å². The van der Waals surface area contributed by atoms with Gasteiger partial charge in [0.2, 0.25) is 5.91 Å². The maximum Gasteiger partial charge on any atom is 0.422 e. The maximum absolute atomic E-state index is 12.1. The first-order chi connectivity index (χ1) is 13.5. The lowest BCUT2D eigenvalue weighted by atomic mass is 10.1. The highest BCUT2D eigenvalue weighted by atomic mass is 19.4. The summed E-state index contributed by atoms with van der Waals surface area (Å²) in [7, 11) is 0. The highest BCUT2D eigenvalue weighted by Gasteiger charge is 2.30. The maximum atomic E-state index is 12.1. The van der Waals surface area contributed by atoms with Crippen LogP contribution in [0, 0.1) is 5.92 Å². The molecule has 1 heterocycles. The molecular formula is C18H22F3N5O3. The number of nitrogens with zero attached hydrogens (tertiary/aromatic N) is 1. The van der Waals surface area contributed by atoms with Crippen LogP contribution < -0.4 is 22.1 Å². The number of hydrogen-bond acceptors (Lipinski definition) is 6. The minimum atomic E-state index is -4.53. The number of nitrogens with one attached hydrogen (secondary N) is 2. The van der Waals surface area contributed by atoms with Gasteiger partial charge in [-0.05, 0) is 49.6 Å². The smallest absolute Gasteiger partial charge is 0.422 e. The Bertz CT molecular complexity index is 819. The van der Waals surface area contributed by atoms with Crippen LogP contribution in [0.4, 0.5) is 19.0 Å². The third-order valence-electron chi connectivity index (χ3n) is 3.92. The van der Waals surface area contributed by atoms with E-state index in [0.29, 0.717) is 11.4 Å². The van der Waals surface area contributed by atoms with E-state index in [1.807, 2.05) is 0 Å². The Kier molecular flexibility index (Phi) is 7.08. The van der Waals surface area contributed by atoms with Gasteiger partial charge in [0.25, 0.3) is 5.91 Å². The quantitative estimate of drug-likeness (QED) is 0.292. The second kappa shape index (κ2) is 9.30. The van der Waals surface area contributed by atoms with E-state index in [4.69, 9.17) is 11.5 Å². The minimum Gasteiger partial charge on any atom is -0.470 e. The molecule has 8 nitrogen and oxygen atoms in total. The first-order valence-corrected chi connectivity index (χ1v) is 8.75. The monoisotopic (exact) mass is 413 g/mol. The molecule has 11 heteroatoms. The van der Waals surface area contributed by atoms with E-state index in [1.165, 1.54) is 6.20 Å². The molecule has 0 spiro atoms. The largest absolute Gasteiger partial charge is 0.470 e. The van der Waals surface area contributed by atoms with E-state index < -0.39 is 30.6 Å². The molecule has 6 N–H and O–H groups in total. The standard InChI is InChI=1S/C18H22F3N5O3/c1-10(12-6-7-24-15(8-12)26-16(27)11-2-3-11)25-17(28)13(22)4-5-14(23)29-9-18(19,20)21/h4-8,10-11H,2-3,9,22-23H2,1H3,(H,25,28)(H,24,26,27)/b13-4-,14-5+. The van der Waals surface area contributed by atoms with Crippen LogP contribution >= 0.6 is 0 Å². The summed E-state index contributed by atoms with van der Waals surface area (Å²) in [6, 6.07) is 2.82. The number of amides is 2. The SMILES string of the molecule is CC(NC(=O)/C(N)=C/C=C(\N)OCC(F)(F)F)c1ccnc(NC(=O)C2CC2)c1. The highest BCUT2D eigenvalue weighted by molar-refractivity contribution is 5.94. The highest BCUT2D eigenvalue weighted by Crippen LogP contribution is 2.30. The van der Waals surface area contributed by atoms with Crippen LogP contribution in [0.5, 0.6) is 0 Å². The van der Waals surface area contributed by atoms with Crippen molar-refractivity contribution in [3.8, 4) is 0 Å². The Morgan fingerprint density at radius 1 is 1.34 bits per heavy atom. The number of rotatable bonds is 8. The van der Waals surface area contributed by atoms with E-state index in [-0.39, 0.29) is 17.5 Å². The van der Waals surface area contributed by atoms with Gasteiger partial charge in [-0.3, -0.25) is 9.59 Å². The van der Waals surface area contributed by atoms with Crippen molar-refractivity contribution >= 4 is 17.6 Å². The summed E-state index contributed by atoms with van der Waals surface area (Å²) >= 11 is 0. The zero-order valence-electron chi connectivity index (χ0n) is 15.6. The second-order valence-electron chi connectivity index (χ2n) is 6.53. The Balaban J connectivity index is 1.92. The number of carbonyl (C=O) groups excluding carboxylic acids is 2. The molecule has 29 heavy (non-hydrogen) atoms. The first kappa shape index (κ1) is 22.1. The summed E-state index contributed by atoms with van der Waals surface area (Å²) in [6.07, 6.45) is 0.710. The summed E-state index contributed by atoms with van der Waals surface area (Å²) in [5.74, 6) is -0.866. The van der Waals surface area contributed by atoms with Crippen molar-refractivity contribution in [3.05, 3.63) is 47.6 Å². The molecule has 0 radical (unpaired) electrons. The molecule has 0 saturated heterocycles. The normalized spacial score (nSPS) is 16.1. The molecule has 0 aromatic carbocycles. The van der Waals surface area contributed by atoms with Crippen LogP contribution in [0.2, 0.25) is 0 Å². The number of nitrogens with two attached hydrogens (primary N) is 2. The molecule has 2 amide bonds. The van der Waals surface area contributed by atoms with Crippen molar-refractivity contribution in [1.82, 2.24) is 10.3 Å². The number of anilines is 1. The van der Waals surface area contributed by atoms with Crippen molar-refractivity contribution in [2.45, 2.75) is 32.0 Å². The summed E-state index contributed by atoms with van der Waals surface area (Å²) in [4.78, 5) is 28.0. The van der Waals surface area contributed by atoms with Gasteiger partial charge in [0.1, 0.15) is 5.82 Å². The number of ether oxygens (including phenoxy) is 1. The topological polar surface area (TPSA) is 132 Å². The first-order valence-electron chi connectivity index (χ1n) is 8.75. The van der Waals surface area contributed by atoms with Crippen molar-refractivity contribution in [2.24, 2.45) is 17.4 Å². The second-order valence-corrected chi connectivity index (χ2v) is 6.53. The molecular weight excluding hydrogens is 391 g/mol. The lowest BCUT2D eigenvalue weighted by Crippen LogP contribution is -2.31. The zero-order valence-corrected chi connectivity index (χ0v) is 15.6. The summed E-state index contributed by atoms with van der Waals surface area (Å²) in [5.41, 5.74) is 11.3. The third kappa shape index (κ3) is 7.72. The number of hydrogen-bond donors (Lipinski definition) is 4. The van der Waals surface area contributed by atoms with E-state index in [1.54, 1.807) is 19.1 Å². The predicted molar refractivity (Wildman–Crippen MR) is 98.7 cm³/mol. The summed E-state index contributed by atoms with van der Waals surface area (Å²) in [5, 5.41) is 5.34.